The Labute approximate surface area is 235 Å². The van der Waals surface area contributed by atoms with Crippen molar-refractivity contribution in [3.05, 3.63) is 64.2 Å². The van der Waals surface area contributed by atoms with Crippen LogP contribution >= 0.6 is 11.3 Å². The number of allylic oxidation sites excluding steroid dienone is 1. The van der Waals surface area contributed by atoms with Crippen LogP contribution in [0.25, 0.3) is 10.2 Å². The molecule has 6 rings (SSSR count). The molecule has 8 nitrogen and oxygen atoms in total. The minimum atomic E-state index is -1.01. The lowest BCUT2D eigenvalue weighted by molar-refractivity contribution is 0.0410. The number of halogens is 1. The SMILES string of the molecule is COc1cc(C(=O)O)cc2sc(N3C4CC[C@H]3CC(OC/C(C(=N)c3c(C)cccc3F)=C(/O)C3CC3)C4)nc12. The zero-order chi connectivity index (χ0) is 28.1. The lowest BCUT2D eigenvalue weighted by atomic mass is 9.95. The first-order chi connectivity index (χ1) is 19.2. The van der Waals surface area contributed by atoms with Crippen LogP contribution in [0.5, 0.6) is 5.75 Å². The van der Waals surface area contributed by atoms with Crippen LogP contribution in [0, 0.1) is 24.1 Å². The van der Waals surface area contributed by atoms with Crippen molar-refractivity contribution in [3.63, 3.8) is 0 Å². The molecule has 3 fully saturated rings. The van der Waals surface area contributed by atoms with Crippen LogP contribution in [-0.2, 0) is 4.74 Å². The maximum atomic E-state index is 14.7. The number of hydrogen-bond acceptors (Lipinski definition) is 8. The van der Waals surface area contributed by atoms with Crippen molar-refractivity contribution in [2.45, 2.75) is 63.6 Å². The third kappa shape index (κ3) is 4.83. The normalized spacial score (nSPS) is 22.9. The van der Waals surface area contributed by atoms with Crippen molar-refractivity contribution in [1.29, 1.82) is 5.41 Å². The number of ether oxygens (including phenoxy) is 2. The first-order valence-electron chi connectivity index (χ1n) is 13.6. The fraction of sp³-hybridized carbons (Fsp3) is 0.433. The average Bonchev–Trinajstić information content (AvgIpc) is 3.63. The molecule has 210 valence electrons. The van der Waals surface area contributed by atoms with E-state index < -0.39 is 11.8 Å². The largest absolute Gasteiger partial charge is 0.512 e. The summed E-state index contributed by atoms with van der Waals surface area (Å²) in [5.41, 5.74) is 2.06. The summed E-state index contributed by atoms with van der Waals surface area (Å²) in [6, 6.07) is 8.32. The van der Waals surface area contributed by atoms with Crippen molar-refractivity contribution in [1.82, 2.24) is 4.98 Å². The molecule has 2 unspecified atom stereocenters. The van der Waals surface area contributed by atoms with Gasteiger partial charge in [-0.15, -0.1) is 0 Å². The van der Waals surface area contributed by atoms with Crippen LogP contribution in [0.15, 0.2) is 41.7 Å². The van der Waals surface area contributed by atoms with E-state index in [0.717, 1.165) is 48.4 Å². The van der Waals surface area contributed by atoms with Crippen molar-refractivity contribution < 1.29 is 28.9 Å². The number of benzene rings is 2. The second-order valence-electron chi connectivity index (χ2n) is 11.0. The molecule has 40 heavy (non-hydrogen) atoms. The van der Waals surface area contributed by atoms with E-state index in [1.54, 1.807) is 25.1 Å². The van der Waals surface area contributed by atoms with Gasteiger partial charge in [0, 0.05) is 29.1 Å². The maximum absolute atomic E-state index is 14.7. The van der Waals surface area contributed by atoms with Gasteiger partial charge in [-0.2, -0.15) is 0 Å². The number of carboxylic acid groups (broad SMARTS) is 1. The Balaban J connectivity index is 1.20. The van der Waals surface area contributed by atoms with Crippen molar-refractivity contribution in [2.24, 2.45) is 5.92 Å². The summed E-state index contributed by atoms with van der Waals surface area (Å²) in [7, 11) is 1.52. The highest BCUT2D eigenvalue weighted by Crippen LogP contribution is 2.45. The number of aryl methyl sites for hydroxylation is 1. The van der Waals surface area contributed by atoms with E-state index in [0.29, 0.717) is 22.4 Å². The van der Waals surface area contributed by atoms with E-state index in [-0.39, 0.29) is 53.3 Å². The number of carbonyl (C=O) groups is 1. The molecule has 2 aliphatic heterocycles. The van der Waals surface area contributed by atoms with Crippen LogP contribution in [-0.4, -0.2) is 58.8 Å². The molecule has 0 radical (unpaired) electrons. The number of nitrogens with zero attached hydrogens (tertiary/aromatic N) is 2. The first kappa shape index (κ1) is 26.7. The first-order valence-corrected chi connectivity index (χ1v) is 14.4. The summed E-state index contributed by atoms with van der Waals surface area (Å²) >= 11 is 1.48. The Morgan fingerprint density at radius 1 is 1.18 bits per heavy atom. The van der Waals surface area contributed by atoms with Crippen LogP contribution in [0.3, 0.4) is 0 Å². The van der Waals surface area contributed by atoms with Crippen molar-refractivity contribution in [2.75, 3.05) is 18.6 Å². The minimum absolute atomic E-state index is 0.00967. The quantitative estimate of drug-likeness (QED) is 0.207. The second kappa shape index (κ2) is 10.5. The molecule has 1 saturated carbocycles. The monoisotopic (exact) mass is 565 g/mol. The summed E-state index contributed by atoms with van der Waals surface area (Å²) in [5.74, 6) is -0.864. The number of piperidine rings is 1. The number of rotatable bonds is 9. The highest BCUT2D eigenvalue weighted by atomic mass is 32.1. The molecule has 0 amide bonds. The number of aliphatic hydroxyl groups excluding tert-OH is 1. The van der Waals surface area contributed by atoms with E-state index in [9.17, 15) is 19.4 Å². The number of fused-ring (bicyclic) bond motifs is 3. The van der Waals surface area contributed by atoms with E-state index in [1.807, 2.05) is 0 Å². The summed E-state index contributed by atoms with van der Waals surface area (Å²) in [6.45, 7) is 1.84. The Hall–Kier alpha value is -3.50. The number of thiazole rings is 1. The molecule has 2 aromatic carbocycles. The average molecular weight is 566 g/mol. The number of aliphatic hydroxyl groups is 1. The smallest absolute Gasteiger partial charge is 0.335 e. The number of anilines is 1. The summed E-state index contributed by atoms with van der Waals surface area (Å²) in [5, 5.41) is 30.1. The summed E-state index contributed by atoms with van der Waals surface area (Å²) in [4.78, 5) is 18.8. The van der Waals surface area contributed by atoms with Gasteiger partial charge in [0.2, 0.25) is 0 Å². The summed E-state index contributed by atoms with van der Waals surface area (Å²) in [6.07, 6.45) is 5.20. The van der Waals surface area contributed by atoms with Gasteiger partial charge in [-0.25, -0.2) is 14.2 Å². The predicted octanol–water partition coefficient (Wildman–Crippen LogP) is 6.26. The van der Waals surface area contributed by atoms with E-state index in [2.05, 4.69) is 4.90 Å². The minimum Gasteiger partial charge on any atom is -0.512 e. The molecule has 3 aromatic rings. The highest BCUT2D eigenvalue weighted by Gasteiger charge is 2.43. The Bertz CT molecular complexity index is 1500. The zero-order valence-electron chi connectivity index (χ0n) is 22.4. The molecule has 3 atom stereocenters. The number of hydrogen-bond donors (Lipinski definition) is 3. The molecule has 2 saturated heterocycles. The van der Waals surface area contributed by atoms with Gasteiger partial charge in [0.05, 0.1) is 35.8 Å². The third-order valence-electron chi connectivity index (χ3n) is 8.34. The highest BCUT2D eigenvalue weighted by molar-refractivity contribution is 7.22. The van der Waals surface area contributed by atoms with Gasteiger partial charge in [0.1, 0.15) is 22.8 Å². The van der Waals surface area contributed by atoms with Crippen molar-refractivity contribution in [3.8, 4) is 5.75 Å². The molecule has 10 heteroatoms. The Morgan fingerprint density at radius 3 is 2.52 bits per heavy atom. The number of nitrogens with one attached hydrogen (secondary N) is 1. The lowest BCUT2D eigenvalue weighted by Crippen LogP contribution is -2.45. The molecule has 1 aliphatic carbocycles. The van der Waals surface area contributed by atoms with Crippen LogP contribution in [0.2, 0.25) is 0 Å². The second-order valence-corrected chi connectivity index (χ2v) is 12.0. The van der Waals surface area contributed by atoms with Crippen LogP contribution in [0.4, 0.5) is 9.52 Å². The number of aromatic nitrogens is 1. The van der Waals surface area contributed by atoms with Gasteiger partial charge in [0.15, 0.2) is 5.13 Å². The Morgan fingerprint density at radius 2 is 1.90 bits per heavy atom. The van der Waals surface area contributed by atoms with E-state index in [1.165, 1.54) is 30.6 Å². The zero-order valence-corrected chi connectivity index (χ0v) is 23.3. The van der Waals surface area contributed by atoms with Gasteiger partial charge in [-0.05, 0) is 69.2 Å². The van der Waals surface area contributed by atoms with Gasteiger partial charge >= 0.3 is 5.97 Å². The van der Waals surface area contributed by atoms with Gasteiger partial charge in [0.25, 0.3) is 0 Å². The number of methoxy groups -OCH3 is 1. The third-order valence-corrected chi connectivity index (χ3v) is 9.35. The molecule has 0 spiro atoms. The molecule has 1 aromatic heterocycles. The van der Waals surface area contributed by atoms with E-state index in [4.69, 9.17) is 19.9 Å². The topological polar surface area (TPSA) is 116 Å². The lowest BCUT2D eigenvalue weighted by Gasteiger charge is -2.38. The fourth-order valence-electron chi connectivity index (χ4n) is 6.13. The predicted molar refractivity (Wildman–Crippen MR) is 152 cm³/mol. The maximum Gasteiger partial charge on any atom is 0.335 e. The van der Waals surface area contributed by atoms with Gasteiger partial charge in [-0.1, -0.05) is 23.5 Å². The van der Waals surface area contributed by atoms with Crippen LogP contribution in [0.1, 0.15) is 60.0 Å². The van der Waals surface area contributed by atoms with E-state index >= 15 is 0 Å². The number of carboxylic acids is 1. The molecule has 3 heterocycles. The van der Waals surface area contributed by atoms with Gasteiger partial charge < -0.3 is 24.6 Å². The van der Waals surface area contributed by atoms with Gasteiger partial charge in [-0.3, -0.25) is 5.41 Å². The molecule has 2 bridgehead atoms. The molecule has 3 N–H and O–H groups in total. The number of aromatic carboxylic acids is 1. The summed E-state index contributed by atoms with van der Waals surface area (Å²) < 4.78 is 27.3. The fourth-order valence-corrected chi connectivity index (χ4v) is 7.30. The standard InChI is InChI=1S/C30H32FN3O5S/c1-15-4-3-5-22(31)25(15)26(32)21(28(35)16-6-7-16)14-39-20-12-18-8-9-19(13-20)34(18)30-33-27-23(38-2)10-17(29(36)37)11-24(27)40-30/h3-5,10-11,16,18-20,32,35H,6-9,12-14H2,1-2H3,(H,36,37)/b28-21-,32-26?/t18-,19?,20?/m0/s1. The van der Waals surface area contributed by atoms with Crippen LogP contribution < -0.4 is 9.64 Å². The van der Waals surface area contributed by atoms with Crippen molar-refractivity contribution >= 4 is 38.4 Å². The Kier molecular flexibility index (Phi) is 7.00. The molecule has 3 aliphatic rings. The molecular formula is C30H32FN3O5S. The molecular weight excluding hydrogens is 533 g/mol.